The van der Waals surface area contributed by atoms with E-state index in [1.54, 1.807) is 7.05 Å². The van der Waals surface area contributed by atoms with Crippen LogP contribution in [0.15, 0.2) is 0 Å². The first-order chi connectivity index (χ1) is 6.56. The number of amides is 2. The van der Waals surface area contributed by atoms with Gasteiger partial charge in [0.2, 0.25) is 11.8 Å². The van der Waals surface area contributed by atoms with E-state index in [1.807, 2.05) is 0 Å². The number of carbonyl (C=O) groups excluding carboxylic acids is 2. The van der Waals surface area contributed by atoms with Crippen LogP contribution in [0, 0.1) is 0 Å². The van der Waals surface area contributed by atoms with Gasteiger partial charge in [0.05, 0.1) is 12.6 Å². The number of nitrogens with zero attached hydrogens (tertiary/aromatic N) is 1. The third-order valence-electron chi connectivity index (χ3n) is 2.26. The maximum atomic E-state index is 11.5. The van der Waals surface area contributed by atoms with Crippen molar-refractivity contribution in [3.05, 3.63) is 0 Å². The summed E-state index contributed by atoms with van der Waals surface area (Å²) in [6, 6.07) is -0.661. The number of aliphatic hydroxyl groups is 1. The molecule has 0 bridgehead atoms. The van der Waals surface area contributed by atoms with Crippen LogP contribution in [0.4, 0.5) is 0 Å². The van der Waals surface area contributed by atoms with E-state index < -0.39 is 18.1 Å². The van der Waals surface area contributed by atoms with Crippen molar-refractivity contribution in [3.63, 3.8) is 0 Å². The Labute approximate surface area is 82.1 Å². The molecule has 2 unspecified atom stereocenters. The molecule has 1 aliphatic rings. The molecule has 0 aliphatic carbocycles. The Balaban J connectivity index is 2.66. The highest BCUT2D eigenvalue weighted by molar-refractivity contribution is 5.88. The van der Waals surface area contributed by atoms with Gasteiger partial charge in [0.1, 0.15) is 6.04 Å². The van der Waals surface area contributed by atoms with E-state index in [9.17, 15) is 14.7 Å². The van der Waals surface area contributed by atoms with Crippen molar-refractivity contribution in [3.8, 4) is 0 Å². The van der Waals surface area contributed by atoms with Crippen molar-refractivity contribution in [2.75, 3.05) is 20.1 Å². The summed E-state index contributed by atoms with van der Waals surface area (Å²) in [6.45, 7) is 0.338. The highest BCUT2D eigenvalue weighted by Gasteiger charge is 2.37. The van der Waals surface area contributed by atoms with E-state index in [1.165, 1.54) is 4.90 Å². The third kappa shape index (κ3) is 2.21. The van der Waals surface area contributed by atoms with Gasteiger partial charge < -0.3 is 21.1 Å². The number of nitrogens with two attached hydrogens (primary N) is 1. The highest BCUT2D eigenvalue weighted by atomic mass is 16.3. The lowest BCUT2D eigenvalue weighted by atomic mass is 10.2. The van der Waals surface area contributed by atoms with Crippen LogP contribution >= 0.6 is 0 Å². The first-order valence-electron chi connectivity index (χ1n) is 4.47. The van der Waals surface area contributed by atoms with E-state index in [0.717, 1.165) is 0 Å². The second kappa shape index (κ2) is 4.39. The maximum absolute atomic E-state index is 11.5. The van der Waals surface area contributed by atoms with Crippen molar-refractivity contribution in [1.29, 1.82) is 0 Å². The van der Waals surface area contributed by atoms with Gasteiger partial charge in [0.15, 0.2) is 0 Å². The lowest BCUT2D eigenvalue weighted by molar-refractivity contribution is -0.136. The van der Waals surface area contributed by atoms with E-state index >= 15 is 0 Å². The van der Waals surface area contributed by atoms with E-state index in [-0.39, 0.29) is 25.4 Å². The lowest BCUT2D eigenvalue weighted by Gasteiger charge is -2.21. The topological polar surface area (TPSA) is 95.7 Å². The summed E-state index contributed by atoms with van der Waals surface area (Å²) in [6.07, 6.45) is -0.404. The summed E-state index contributed by atoms with van der Waals surface area (Å²) in [7, 11) is 1.64. The van der Waals surface area contributed by atoms with Crippen LogP contribution < -0.4 is 11.1 Å². The molecule has 2 atom stereocenters. The van der Waals surface area contributed by atoms with Crippen LogP contribution in [0.3, 0.4) is 0 Å². The highest BCUT2D eigenvalue weighted by Crippen LogP contribution is 2.17. The Morgan fingerprint density at radius 2 is 2.29 bits per heavy atom. The van der Waals surface area contributed by atoms with Gasteiger partial charge in [-0.05, 0) is 7.05 Å². The number of likely N-dealkylation sites (tertiary alicyclic amines) is 1. The average molecular weight is 201 g/mol. The molecule has 1 heterocycles. The maximum Gasteiger partial charge on any atom is 0.240 e. The zero-order chi connectivity index (χ0) is 10.7. The molecule has 0 radical (unpaired) electrons. The summed E-state index contributed by atoms with van der Waals surface area (Å²) in [5, 5.41) is 12.0. The molecule has 0 aromatic heterocycles. The molecular weight excluding hydrogens is 186 g/mol. The van der Waals surface area contributed by atoms with Crippen LogP contribution in [0.2, 0.25) is 0 Å². The summed E-state index contributed by atoms with van der Waals surface area (Å²) >= 11 is 0. The molecule has 1 fully saturated rings. The van der Waals surface area contributed by atoms with Crippen molar-refractivity contribution in [1.82, 2.24) is 10.2 Å². The fraction of sp³-hybridized carbons (Fsp3) is 0.750. The fourth-order valence-corrected chi connectivity index (χ4v) is 1.61. The molecule has 6 nitrogen and oxygen atoms in total. The van der Waals surface area contributed by atoms with Crippen molar-refractivity contribution in [2.24, 2.45) is 5.73 Å². The Hall–Kier alpha value is -1.14. The molecular formula is C8H15N3O3. The summed E-state index contributed by atoms with van der Waals surface area (Å²) in [4.78, 5) is 23.7. The number of likely N-dealkylation sites (N-methyl/N-ethyl adjacent to an activating group) is 1. The van der Waals surface area contributed by atoms with Crippen LogP contribution in [0.25, 0.3) is 0 Å². The minimum atomic E-state index is -0.661. The van der Waals surface area contributed by atoms with E-state index in [0.29, 0.717) is 0 Å². The first kappa shape index (κ1) is 10.9. The van der Waals surface area contributed by atoms with Gasteiger partial charge in [-0.25, -0.2) is 0 Å². The number of aliphatic hydroxyl groups excluding tert-OH is 1. The molecule has 0 saturated carbocycles. The Bertz CT molecular complexity index is 244. The standard InChI is InChI=1S/C8H15N3O3/c1-10-3-7(13)11-4-5(12)2-6(11)8(9)14/h5-6,10,12H,2-4H2,1H3,(H2,9,14). The van der Waals surface area contributed by atoms with Gasteiger partial charge in [-0.1, -0.05) is 0 Å². The van der Waals surface area contributed by atoms with E-state index in [4.69, 9.17) is 5.73 Å². The molecule has 0 spiro atoms. The SMILES string of the molecule is CNCC(=O)N1CC(O)CC1C(N)=O. The molecule has 1 saturated heterocycles. The monoisotopic (exact) mass is 201 g/mol. The number of rotatable bonds is 3. The predicted molar refractivity (Wildman–Crippen MR) is 49.2 cm³/mol. The number of β-amino-alcohol motifs (C(OH)–C–C–N with tert-alkyl or cyclic N) is 1. The minimum Gasteiger partial charge on any atom is -0.391 e. The van der Waals surface area contributed by atoms with Crippen LogP contribution in [-0.4, -0.2) is 54.1 Å². The molecule has 1 aliphatic heterocycles. The molecule has 6 heteroatoms. The Kier molecular flexibility index (Phi) is 3.43. The Morgan fingerprint density at radius 3 is 2.79 bits per heavy atom. The van der Waals surface area contributed by atoms with Gasteiger partial charge in [0.25, 0.3) is 0 Å². The van der Waals surface area contributed by atoms with Gasteiger partial charge in [-0.2, -0.15) is 0 Å². The number of hydrogen-bond acceptors (Lipinski definition) is 4. The molecule has 1 rings (SSSR count). The third-order valence-corrected chi connectivity index (χ3v) is 2.26. The molecule has 2 amide bonds. The quantitative estimate of drug-likeness (QED) is 0.476. The van der Waals surface area contributed by atoms with Gasteiger partial charge in [-0.15, -0.1) is 0 Å². The summed E-state index contributed by atoms with van der Waals surface area (Å²) in [5.74, 6) is -0.779. The second-order valence-electron chi connectivity index (χ2n) is 3.38. The molecule has 14 heavy (non-hydrogen) atoms. The van der Waals surface area contributed by atoms with Crippen molar-refractivity contribution < 1.29 is 14.7 Å². The number of hydrogen-bond donors (Lipinski definition) is 3. The van der Waals surface area contributed by atoms with Crippen molar-refractivity contribution in [2.45, 2.75) is 18.6 Å². The van der Waals surface area contributed by atoms with Crippen LogP contribution in [0.5, 0.6) is 0 Å². The van der Waals surface area contributed by atoms with E-state index in [2.05, 4.69) is 5.32 Å². The second-order valence-corrected chi connectivity index (χ2v) is 3.38. The van der Waals surface area contributed by atoms with Gasteiger partial charge in [0, 0.05) is 13.0 Å². The van der Waals surface area contributed by atoms with Crippen molar-refractivity contribution >= 4 is 11.8 Å². The predicted octanol–water partition coefficient (Wildman–Crippen LogP) is -2.35. The Morgan fingerprint density at radius 1 is 1.64 bits per heavy atom. The molecule has 0 aromatic rings. The molecule has 0 aromatic carbocycles. The number of primary amides is 1. The average Bonchev–Trinajstić information content (AvgIpc) is 2.48. The van der Waals surface area contributed by atoms with Crippen LogP contribution in [-0.2, 0) is 9.59 Å². The van der Waals surface area contributed by atoms with Gasteiger partial charge in [-0.3, -0.25) is 9.59 Å². The zero-order valence-electron chi connectivity index (χ0n) is 8.06. The molecule has 4 N–H and O–H groups in total. The largest absolute Gasteiger partial charge is 0.391 e. The number of nitrogens with one attached hydrogen (secondary N) is 1. The van der Waals surface area contributed by atoms with Crippen LogP contribution in [0.1, 0.15) is 6.42 Å². The summed E-state index contributed by atoms with van der Waals surface area (Å²) in [5.41, 5.74) is 5.12. The van der Waals surface area contributed by atoms with Gasteiger partial charge >= 0.3 is 0 Å². The lowest BCUT2D eigenvalue weighted by Crippen LogP contribution is -2.46. The number of carbonyl (C=O) groups is 2. The minimum absolute atomic E-state index is 0.149. The first-order valence-corrected chi connectivity index (χ1v) is 4.47. The smallest absolute Gasteiger partial charge is 0.240 e. The fourth-order valence-electron chi connectivity index (χ4n) is 1.61. The normalized spacial score (nSPS) is 26.6. The zero-order valence-corrected chi connectivity index (χ0v) is 8.06. The molecule has 80 valence electrons. The summed E-state index contributed by atoms with van der Waals surface area (Å²) < 4.78 is 0.